The summed E-state index contributed by atoms with van der Waals surface area (Å²) in [4.78, 5) is 2.36. The summed E-state index contributed by atoms with van der Waals surface area (Å²) in [7, 11) is 0. The van der Waals surface area contributed by atoms with Crippen LogP contribution in [0.1, 0.15) is 16.7 Å². The molecule has 11 rings (SSSR count). The first-order valence-corrected chi connectivity index (χ1v) is 20.3. The number of para-hydroxylation sites is 2. The van der Waals surface area contributed by atoms with Crippen LogP contribution in [0.3, 0.4) is 0 Å². The fourth-order valence-corrected chi connectivity index (χ4v) is 9.09. The first kappa shape index (κ1) is 34.6. The lowest BCUT2D eigenvalue weighted by molar-refractivity contribution is 1.18. The Morgan fingerprint density at radius 3 is 1.63 bits per heavy atom. The second-order valence-corrected chi connectivity index (χ2v) is 15.4. The zero-order valence-corrected chi connectivity index (χ0v) is 32.6. The fourth-order valence-electron chi connectivity index (χ4n) is 9.09. The van der Waals surface area contributed by atoms with Gasteiger partial charge in [-0.3, -0.25) is 0 Å². The predicted molar refractivity (Wildman–Crippen MR) is 250 cm³/mol. The Bertz CT molecular complexity index is 3150. The monoisotopic (exact) mass is 752 g/mol. The van der Waals surface area contributed by atoms with Crippen LogP contribution in [0.25, 0.3) is 78.1 Å². The van der Waals surface area contributed by atoms with E-state index in [1.165, 1.54) is 83.1 Å². The molecule has 0 atom stereocenters. The molecule has 0 bridgehead atoms. The quantitative estimate of drug-likeness (QED) is 0.150. The van der Waals surface area contributed by atoms with Gasteiger partial charge in [-0.05, 0) is 134 Å². The van der Waals surface area contributed by atoms with Gasteiger partial charge in [0.1, 0.15) is 0 Å². The van der Waals surface area contributed by atoms with E-state index in [-0.39, 0.29) is 0 Å². The molecule has 0 saturated heterocycles. The lowest BCUT2D eigenvalue weighted by Crippen LogP contribution is -2.09. The van der Waals surface area contributed by atoms with E-state index in [0.717, 1.165) is 29.0 Å². The number of hydrogen-bond acceptors (Lipinski definition) is 1. The van der Waals surface area contributed by atoms with Crippen LogP contribution in [-0.2, 0) is 6.42 Å². The van der Waals surface area contributed by atoms with Gasteiger partial charge in [-0.15, -0.1) is 0 Å². The van der Waals surface area contributed by atoms with Crippen molar-refractivity contribution in [2.75, 3.05) is 4.90 Å². The van der Waals surface area contributed by atoms with Gasteiger partial charge < -0.3 is 9.47 Å². The highest BCUT2D eigenvalue weighted by molar-refractivity contribution is 6.10. The Labute approximate surface area is 345 Å². The minimum atomic E-state index is 0.965. The molecule has 0 radical (unpaired) electrons. The number of aromatic nitrogens is 1. The molecule has 0 fully saturated rings. The predicted octanol–water partition coefficient (Wildman–Crippen LogP) is 15.5. The van der Waals surface area contributed by atoms with Gasteiger partial charge >= 0.3 is 0 Å². The van der Waals surface area contributed by atoms with Crippen LogP contribution in [0.5, 0.6) is 0 Å². The molecule has 278 valence electrons. The summed E-state index contributed by atoms with van der Waals surface area (Å²) >= 11 is 0. The number of rotatable bonds is 8. The minimum absolute atomic E-state index is 0.965. The third-order valence-electron chi connectivity index (χ3n) is 12.0. The van der Waals surface area contributed by atoms with Crippen LogP contribution in [0.4, 0.5) is 17.1 Å². The molecule has 9 aromatic carbocycles. The summed E-state index contributed by atoms with van der Waals surface area (Å²) in [6.45, 7) is 3.92. The second kappa shape index (κ2) is 14.4. The van der Waals surface area contributed by atoms with Gasteiger partial charge in [0.2, 0.25) is 0 Å². The minimum Gasteiger partial charge on any atom is -0.311 e. The van der Waals surface area contributed by atoms with Crippen LogP contribution in [0, 0.1) is 0 Å². The van der Waals surface area contributed by atoms with E-state index >= 15 is 0 Å². The molecule has 2 heteroatoms. The zero-order valence-electron chi connectivity index (χ0n) is 32.6. The molecule has 0 amide bonds. The van der Waals surface area contributed by atoms with Crippen LogP contribution in [0.2, 0.25) is 0 Å². The molecule has 0 N–H and O–H groups in total. The molecule has 2 nitrogen and oxygen atoms in total. The molecular formula is C57H40N2. The van der Waals surface area contributed by atoms with Gasteiger partial charge in [0.05, 0.1) is 11.0 Å². The summed E-state index contributed by atoms with van der Waals surface area (Å²) in [5.41, 5.74) is 20.8. The molecule has 10 aromatic rings. The van der Waals surface area contributed by atoms with Crippen LogP contribution < -0.4 is 4.90 Å². The average Bonchev–Trinajstić information content (AvgIpc) is 3.86. The SMILES string of the molecule is C=Cc1ccc(-c2ccc(N(c3ccc(-c4ccc5c(c4)c4ccccc4n5-c4ccccc4)cc3)c3ccc(-c4cccc5c4Cc4ccccc4-5)cc3)cc2)cc1. The third kappa shape index (κ3) is 6.05. The van der Waals surface area contributed by atoms with Crippen LogP contribution in [-0.4, -0.2) is 4.57 Å². The molecule has 1 heterocycles. The van der Waals surface area contributed by atoms with Gasteiger partial charge in [0, 0.05) is 33.5 Å². The Balaban J connectivity index is 0.967. The lowest BCUT2D eigenvalue weighted by atomic mass is 9.95. The van der Waals surface area contributed by atoms with Crippen molar-refractivity contribution < 1.29 is 0 Å². The number of fused-ring (bicyclic) bond motifs is 6. The molecule has 1 aliphatic rings. The number of anilines is 3. The Hall–Kier alpha value is -7.68. The molecule has 0 aliphatic heterocycles. The van der Waals surface area contributed by atoms with Crippen molar-refractivity contribution in [3.05, 3.63) is 236 Å². The van der Waals surface area contributed by atoms with Gasteiger partial charge in [-0.1, -0.05) is 158 Å². The van der Waals surface area contributed by atoms with Crippen molar-refractivity contribution in [1.29, 1.82) is 0 Å². The van der Waals surface area contributed by atoms with E-state index in [2.05, 4.69) is 228 Å². The van der Waals surface area contributed by atoms with Crippen LogP contribution >= 0.6 is 0 Å². The lowest BCUT2D eigenvalue weighted by Gasteiger charge is -2.26. The van der Waals surface area contributed by atoms with Gasteiger partial charge in [0.25, 0.3) is 0 Å². The maximum absolute atomic E-state index is 3.92. The van der Waals surface area contributed by atoms with Crippen molar-refractivity contribution in [2.24, 2.45) is 0 Å². The largest absolute Gasteiger partial charge is 0.311 e. The van der Waals surface area contributed by atoms with E-state index in [1.54, 1.807) is 0 Å². The van der Waals surface area contributed by atoms with Crippen molar-refractivity contribution in [1.82, 2.24) is 4.57 Å². The summed E-state index contributed by atoms with van der Waals surface area (Å²) < 4.78 is 2.37. The van der Waals surface area contributed by atoms with Gasteiger partial charge in [-0.2, -0.15) is 0 Å². The van der Waals surface area contributed by atoms with E-state index in [4.69, 9.17) is 0 Å². The van der Waals surface area contributed by atoms with E-state index in [0.29, 0.717) is 0 Å². The fraction of sp³-hybridized carbons (Fsp3) is 0.0175. The molecule has 0 unspecified atom stereocenters. The highest BCUT2D eigenvalue weighted by atomic mass is 15.1. The summed E-state index contributed by atoms with van der Waals surface area (Å²) in [5.74, 6) is 0. The Morgan fingerprint density at radius 2 is 0.932 bits per heavy atom. The van der Waals surface area contributed by atoms with E-state index < -0.39 is 0 Å². The smallest absolute Gasteiger partial charge is 0.0541 e. The number of benzene rings is 9. The summed E-state index contributed by atoms with van der Waals surface area (Å²) in [6, 6.07) is 77.4. The first-order valence-electron chi connectivity index (χ1n) is 20.3. The molecule has 1 aromatic heterocycles. The maximum atomic E-state index is 3.92. The average molecular weight is 753 g/mol. The molecule has 0 saturated carbocycles. The maximum Gasteiger partial charge on any atom is 0.0541 e. The number of hydrogen-bond donors (Lipinski definition) is 0. The zero-order chi connectivity index (χ0) is 39.3. The van der Waals surface area contributed by atoms with E-state index in [9.17, 15) is 0 Å². The summed E-state index contributed by atoms with van der Waals surface area (Å²) in [6.07, 6.45) is 2.85. The topological polar surface area (TPSA) is 8.17 Å². The third-order valence-corrected chi connectivity index (χ3v) is 12.0. The van der Waals surface area contributed by atoms with Crippen LogP contribution in [0.15, 0.2) is 219 Å². The van der Waals surface area contributed by atoms with E-state index in [1.807, 2.05) is 6.08 Å². The normalized spacial score (nSPS) is 11.7. The van der Waals surface area contributed by atoms with Crippen molar-refractivity contribution in [2.45, 2.75) is 6.42 Å². The molecule has 1 aliphatic carbocycles. The van der Waals surface area contributed by atoms with Crippen molar-refractivity contribution >= 4 is 44.9 Å². The Morgan fingerprint density at radius 1 is 0.407 bits per heavy atom. The molecule has 0 spiro atoms. The second-order valence-electron chi connectivity index (χ2n) is 15.4. The summed E-state index contributed by atoms with van der Waals surface area (Å²) in [5, 5.41) is 2.50. The van der Waals surface area contributed by atoms with Crippen molar-refractivity contribution in [3.63, 3.8) is 0 Å². The standard InChI is InChI=1S/C57H40N2/c1-2-39-19-21-40(22-20-39)41-23-30-47(31-24-41)58(49-34-27-43(28-35-49)50-16-10-17-52-51-14-7-6-11-45(51)38-54(50)52)48-32-25-42(26-33-48)44-29-36-57-55(37-44)53-15-8-9-18-56(53)59(57)46-12-4-3-5-13-46/h2-37H,1,38H2. The molecular weight excluding hydrogens is 713 g/mol. The molecule has 59 heavy (non-hydrogen) atoms. The van der Waals surface area contributed by atoms with Crippen molar-refractivity contribution in [3.8, 4) is 50.2 Å². The Kier molecular flexibility index (Phi) is 8.41. The highest BCUT2D eigenvalue weighted by Gasteiger charge is 2.22. The number of nitrogens with zero attached hydrogens (tertiary/aromatic N) is 2. The first-order chi connectivity index (χ1) is 29.2. The highest BCUT2D eigenvalue weighted by Crippen LogP contribution is 2.43. The van der Waals surface area contributed by atoms with Gasteiger partial charge in [0.15, 0.2) is 0 Å². The van der Waals surface area contributed by atoms with Gasteiger partial charge in [-0.25, -0.2) is 0 Å².